The standard InChI is InChI=1S/C42H32N2O6/c43-29-9-5-11-33(25-29)45-35-13-7-15-37(27-35)49-41-19-3-1-17-39(41)47-31-21-23-32(24-22-31)48-40-18-2-4-20-42(40)50-38-16-8-14-36(28-38)46-34-12-6-10-30(44)26-34/h1-28H,43-44H2. The number of nitrogens with two attached hydrogens (primary N) is 2. The van der Waals surface area contributed by atoms with Gasteiger partial charge in [-0.2, -0.15) is 0 Å². The summed E-state index contributed by atoms with van der Waals surface area (Å²) in [5.41, 5.74) is 13.0. The van der Waals surface area contributed by atoms with E-state index in [-0.39, 0.29) is 0 Å². The molecule has 0 bridgehead atoms. The van der Waals surface area contributed by atoms with E-state index in [1.54, 1.807) is 24.3 Å². The molecule has 8 heteroatoms. The third-order valence-electron chi connectivity index (χ3n) is 7.23. The molecule has 7 aromatic carbocycles. The molecule has 0 fully saturated rings. The number of ether oxygens (including phenoxy) is 6. The van der Waals surface area contributed by atoms with E-state index in [1.165, 1.54) is 0 Å². The van der Waals surface area contributed by atoms with Crippen molar-refractivity contribution in [1.82, 2.24) is 0 Å². The van der Waals surface area contributed by atoms with Crippen molar-refractivity contribution < 1.29 is 28.4 Å². The van der Waals surface area contributed by atoms with Crippen LogP contribution in [0, 0.1) is 0 Å². The zero-order valence-electron chi connectivity index (χ0n) is 26.8. The second-order valence-corrected chi connectivity index (χ2v) is 11.1. The molecule has 4 N–H and O–H groups in total. The van der Waals surface area contributed by atoms with E-state index in [1.807, 2.05) is 146 Å². The molecule has 0 spiro atoms. The van der Waals surface area contributed by atoms with Gasteiger partial charge < -0.3 is 39.9 Å². The molecule has 0 heterocycles. The maximum Gasteiger partial charge on any atom is 0.169 e. The van der Waals surface area contributed by atoms with Crippen molar-refractivity contribution in [3.8, 4) is 69.0 Å². The molecule has 0 saturated heterocycles. The summed E-state index contributed by atoms with van der Waals surface area (Å²) in [4.78, 5) is 0. The number of hydrogen-bond donors (Lipinski definition) is 2. The summed E-state index contributed by atoms with van der Waals surface area (Å²) in [7, 11) is 0. The number of rotatable bonds is 12. The Hall–Kier alpha value is -7.06. The molecule has 0 aliphatic carbocycles. The third-order valence-corrected chi connectivity index (χ3v) is 7.23. The van der Waals surface area contributed by atoms with Gasteiger partial charge in [0.1, 0.15) is 46.0 Å². The van der Waals surface area contributed by atoms with Gasteiger partial charge in [0, 0.05) is 35.6 Å². The van der Waals surface area contributed by atoms with Crippen molar-refractivity contribution in [2.45, 2.75) is 0 Å². The highest BCUT2D eigenvalue weighted by atomic mass is 16.5. The van der Waals surface area contributed by atoms with Crippen LogP contribution in [0.2, 0.25) is 0 Å². The maximum atomic E-state index is 6.22. The minimum atomic E-state index is 0.544. The Morgan fingerprint density at radius 1 is 0.240 bits per heavy atom. The zero-order chi connectivity index (χ0) is 34.1. The van der Waals surface area contributed by atoms with E-state index in [0.29, 0.717) is 80.4 Å². The Balaban J connectivity index is 1.00. The molecule has 0 radical (unpaired) electrons. The van der Waals surface area contributed by atoms with Gasteiger partial charge in [0.25, 0.3) is 0 Å². The first kappa shape index (κ1) is 31.5. The first-order valence-electron chi connectivity index (χ1n) is 15.8. The van der Waals surface area contributed by atoms with Gasteiger partial charge in [-0.15, -0.1) is 0 Å². The first-order valence-corrected chi connectivity index (χ1v) is 15.8. The average Bonchev–Trinajstić information content (AvgIpc) is 3.11. The van der Waals surface area contributed by atoms with E-state index in [0.717, 1.165) is 0 Å². The van der Waals surface area contributed by atoms with Crippen LogP contribution in [-0.2, 0) is 0 Å². The van der Waals surface area contributed by atoms with Gasteiger partial charge in [0.05, 0.1) is 0 Å². The van der Waals surface area contributed by atoms with Crippen LogP contribution >= 0.6 is 0 Å². The van der Waals surface area contributed by atoms with Gasteiger partial charge in [0.15, 0.2) is 23.0 Å². The van der Waals surface area contributed by atoms with E-state index in [2.05, 4.69) is 0 Å². The van der Waals surface area contributed by atoms with Crippen LogP contribution in [0.5, 0.6) is 69.0 Å². The lowest BCUT2D eigenvalue weighted by molar-refractivity contribution is 0.410. The van der Waals surface area contributed by atoms with Crippen molar-refractivity contribution in [1.29, 1.82) is 0 Å². The molecule has 0 amide bonds. The van der Waals surface area contributed by atoms with Crippen LogP contribution in [0.4, 0.5) is 11.4 Å². The first-order chi connectivity index (χ1) is 24.5. The fourth-order valence-corrected chi connectivity index (χ4v) is 4.95. The molecule has 0 aromatic heterocycles. The van der Waals surface area contributed by atoms with Crippen molar-refractivity contribution >= 4 is 11.4 Å². The Kier molecular flexibility index (Phi) is 9.33. The van der Waals surface area contributed by atoms with E-state index < -0.39 is 0 Å². The minimum Gasteiger partial charge on any atom is -0.457 e. The largest absolute Gasteiger partial charge is 0.457 e. The summed E-state index contributed by atoms with van der Waals surface area (Å²) in [5, 5.41) is 0. The van der Waals surface area contributed by atoms with Crippen molar-refractivity contribution in [2.75, 3.05) is 11.5 Å². The summed E-state index contributed by atoms with van der Waals surface area (Å²) >= 11 is 0. The Bertz CT molecular complexity index is 2060. The quantitative estimate of drug-likeness (QED) is 0.125. The molecular weight excluding hydrogens is 628 g/mol. The predicted octanol–water partition coefficient (Wildman–Crippen LogP) is 11.6. The van der Waals surface area contributed by atoms with E-state index in [4.69, 9.17) is 39.9 Å². The van der Waals surface area contributed by atoms with Gasteiger partial charge in [-0.05, 0) is 97.1 Å². The van der Waals surface area contributed by atoms with Gasteiger partial charge >= 0.3 is 0 Å². The normalized spacial score (nSPS) is 10.6. The highest BCUT2D eigenvalue weighted by Crippen LogP contribution is 2.39. The molecule has 50 heavy (non-hydrogen) atoms. The summed E-state index contributed by atoms with van der Waals surface area (Å²) in [6.45, 7) is 0. The van der Waals surface area contributed by atoms with Crippen LogP contribution in [0.1, 0.15) is 0 Å². The summed E-state index contributed by atoms with van der Waals surface area (Å²) in [6, 6.07) is 51.4. The van der Waals surface area contributed by atoms with Crippen LogP contribution < -0.4 is 39.9 Å². The molecule has 246 valence electrons. The smallest absolute Gasteiger partial charge is 0.169 e. The molecule has 0 atom stereocenters. The summed E-state index contributed by atoms with van der Waals surface area (Å²) in [6.07, 6.45) is 0. The minimum absolute atomic E-state index is 0.544. The fraction of sp³-hybridized carbons (Fsp3) is 0. The topological polar surface area (TPSA) is 107 Å². The Morgan fingerprint density at radius 3 is 0.860 bits per heavy atom. The highest BCUT2D eigenvalue weighted by molar-refractivity contribution is 5.51. The number of benzene rings is 7. The predicted molar refractivity (Wildman–Crippen MR) is 194 cm³/mol. The van der Waals surface area contributed by atoms with Crippen LogP contribution in [0.3, 0.4) is 0 Å². The summed E-state index contributed by atoms with van der Waals surface area (Å²) < 4.78 is 36.8. The summed E-state index contributed by atoms with van der Waals surface area (Å²) in [5.74, 6) is 7.08. The Morgan fingerprint density at radius 2 is 0.520 bits per heavy atom. The SMILES string of the molecule is Nc1cccc(Oc2cccc(Oc3ccccc3Oc3ccc(Oc4ccccc4Oc4cccc(Oc5cccc(N)c5)c4)cc3)c2)c1. The lowest BCUT2D eigenvalue weighted by Gasteiger charge is -2.14. The number of hydrogen-bond acceptors (Lipinski definition) is 8. The monoisotopic (exact) mass is 660 g/mol. The van der Waals surface area contributed by atoms with Gasteiger partial charge in [0.2, 0.25) is 0 Å². The van der Waals surface area contributed by atoms with Crippen LogP contribution in [0.25, 0.3) is 0 Å². The van der Waals surface area contributed by atoms with Gasteiger partial charge in [-0.1, -0.05) is 48.5 Å². The van der Waals surface area contributed by atoms with Crippen molar-refractivity contribution in [3.63, 3.8) is 0 Å². The molecule has 0 aliphatic heterocycles. The molecule has 0 saturated carbocycles. The fourth-order valence-electron chi connectivity index (χ4n) is 4.95. The average molecular weight is 661 g/mol. The van der Waals surface area contributed by atoms with E-state index in [9.17, 15) is 0 Å². The molecule has 7 aromatic rings. The number of para-hydroxylation sites is 4. The highest BCUT2D eigenvalue weighted by Gasteiger charge is 2.11. The zero-order valence-corrected chi connectivity index (χ0v) is 26.8. The van der Waals surface area contributed by atoms with Crippen molar-refractivity contribution in [2.24, 2.45) is 0 Å². The lowest BCUT2D eigenvalue weighted by atomic mass is 10.2. The molecule has 7 rings (SSSR count). The Labute approximate surface area is 289 Å². The van der Waals surface area contributed by atoms with Crippen LogP contribution in [-0.4, -0.2) is 0 Å². The van der Waals surface area contributed by atoms with Crippen LogP contribution in [0.15, 0.2) is 170 Å². The second-order valence-electron chi connectivity index (χ2n) is 11.1. The molecule has 0 unspecified atom stereocenters. The lowest BCUT2D eigenvalue weighted by Crippen LogP contribution is -1.92. The molecule has 8 nitrogen and oxygen atoms in total. The molecular formula is C42H32N2O6. The van der Waals surface area contributed by atoms with Gasteiger partial charge in [-0.3, -0.25) is 0 Å². The van der Waals surface area contributed by atoms with Crippen molar-refractivity contribution in [3.05, 3.63) is 170 Å². The van der Waals surface area contributed by atoms with Gasteiger partial charge in [-0.25, -0.2) is 0 Å². The maximum absolute atomic E-state index is 6.22. The number of anilines is 2. The molecule has 0 aliphatic rings. The second kappa shape index (κ2) is 14.8. The number of nitrogen functional groups attached to an aromatic ring is 2. The third kappa shape index (κ3) is 8.26. The van der Waals surface area contributed by atoms with E-state index >= 15 is 0 Å².